The average molecular weight is 466 g/mol. The maximum Gasteiger partial charge on any atom is 0.232 e. The minimum atomic E-state index is -0.489. The lowest BCUT2D eigenvalue weighted by Crippen LogP contribution is -2.41. The molecule has 1 heterocycles. The summed E-state index contributed by atoms with van der Waals surface area (Å²) in [7, 11) is 3.15. The van der Waals surface area contributed by atoms with E-state index < -0.39 is 6.04 Å². The molecule has 178 valence electrons. The number of fused-ring (bicyclic) bond motifs is 1. The van der Waals surface area contributed by atoms with E-state index in [4.69, 9.17) is 18.9 Å². The highest BCUT2D eigenvalue weighted by molar-refractivity contribution is 5.98. The zero-order chi connectivity index (χ0) is 24.2. The fraction of sp³-hybridized carbons (Fsp3) is 0.296. The maximum absolute atomic E-state index is 13.7. The van der Waals surface area contributed by atoms with Gasteiger partial charge in [0.15, 0.2) is 23.0 Å². The van der Waals surface area contributed by atoms with Crippen molar-refractivity contribution < 1.29 is 28.1 Å². The van der Waals surface area contributed by atoms with Gasteiger partial charge in [0.1, 0.15) is 5.82 Å². The number of nitrogens with zero attached hydrogens (tertiary/aromatic N) is 1. The maximum atomic E-state index is 13.7. The van der Waals surface area contributed by atoms with Crippen LogP contribution >= 0.6 is 0 Å². The van der Waals surface area contributed by atoms with Crippen LogP contribution in [0.5, 0.6) is 23.0 Å². The van der Waals surface area contributed by atoms with Crippen LogP contribution < -0.4 is 23.8 Å². The third kappa shape index (κ3) is 4.38. The molecule has 1 atom stereocenters. The topological polar surface area (TPSA) is 57.2 Å². The molecule has 0 spiro atoms. The van der Waals surface area contributed by atoms with Gasteiger partial charge in [0.05, 0.1) is 39.9 Å². The van der Waals surface area contributed by atoms with Crippen molar-refractivity contribution in [1.29, 1.82) is 0 Å². The van der Waals surface area contributed by atoms with Crippen LogP contribution in [0.3, 0.4) is 0 Å². The van der Waals surface area contributed by atoms with Crippen LogP contribution in [-0.4, -0.2) is 33.3 Å². The first-order valence-electron chi connectivity index (χ1n) is 11.2. The third-order valence-electron chi connectivity index (χ3n) is 5.80. The molecular weight excluding hydrogens is 437 g/mol. The van der Waals surface area contributed by atoms with Crippen LogP contribution in [-0.2, 0) is 11.2 Å². The molecule has 0 aromatic heterocycles. The first-order chi connectivity index (χ1) is 16.5. The van der Waals surface area contributed by atoms with Gasteiger partial charge >= 0.3 is 0 Å². The van der Waals surface area contributed by atoms with Gasteiger partial charge in [-0.3, -0.25) is 4.79 Å². The number of methoxy groups -OCH3 is 2. The number of anilines is 1. The number of halogens is 1. The molecule has 0 radical (unpaired) electrons. The molecule has 4 rings (SSSR count). The van der Waals surface area contributed by atoms with E-state index in [0.717, 1.165) is 16.7 Å². The summed E-state index contributed by atoms with van der Waals surface area (Å²) in [6.07, 6.45) is 0.184. The molecule has 1 amide bonds. The van der Waals surface area contributed by atoms with Crippen molar-refractivity contribution in [1.82, 2.24) is 0 Å². The quantitative estimate of drug-likeness (QED) is 0.451. The van der Waals surface area contributed by atoms with E-state index in [0.29, 0.717) is 41.9 Å². The minimum Gasteiger partial charge on any atom is -0.493 e. The monoisotopic (exact) mass is 465 g/mol. The number of hydrogen-bond donors (Lipinski definition) is 0. The molecule has 34 heavy (non-hydrogen) atoms. The van der Waals surface area contributed by atoms with Crippen LogP contribution in [0.25, 0.3) is 0 Å². The average Bonchev–Trinajstić information content (AvgIpc) is 2.84. The van der Waals surface area contributed by atoms with E-state index in [1.165, 1.54) is 12.1 Å². The molecule has 0 saturated carbocycles. The zero-order valence-electron chi connectivity index (χ0n) is 19.8. The highest BCUT2D eigenvalue weighted by Crippen LogP contribution is 2.45. The van der Waals surface area contributed by atoms with E-state index in [-0.39, 0.29) is 18.1 Å². The Balaban J connectivity index is 1.94. The van der Waals surface area contributed by atoms with Crippen molar-refractivity contribution in [3.63, 3.8) is 0 Å². The highest BCUT2D eigenvalue weighted by atomic mass is 19.1. The molecule has 3 aromatic rings. The van der Waals surface area contributed by atoms with Gasteiger partial charge in [-0.25, -0.2) is 4.39 Å². The van der Waals surface area contributed by atoms with Crippen molar-refractivity contribution in [2.24, 2.45) is 0 Å². The molecule has 0 aliphatic carbocycles. The normalized spacial score (nSPS) is 15.0. The summed E-state index contributed by atoms with van der Waals surface area (Å²) in [6, 6.07) is 14.9. The SMILES string of the molecule is CCOc1cc2c(cc1OCC)[C@H](c1ccc(OC)c(OC)c1)N(c1ccc(F)cc1)C(=O)C2. The Bertz CT molecular complexity index is 1180. The molecule has 7 heteroatoms. The molecule has 0 N–H and O–H groups in total. The second-order valence-corrected chi connectivity index (χ2v) is 7.80. The molecule has 0 saturated heterocycles. The molecule has 3 aromatic carbocycles. The summed E-state index contributed by atoms with van der Waals surface area (Å²) in [4.78, 5) is 15.2. The standard InChI is InChI=1S/C27H28FNO5/c1-5-33-24-14-18-15-26(30)29(20-10-8-19(28)9-11-20)27(21(18)16-25(24)34-6-2)17-7-12-22(31-3)23(13-17)32-4/h7-14,16,27H,5-6,15H2,1-4H3/t27-/m0/s1. The molecule has 6 nitrogen and oxygen atoms in total. The van der Waals surface area contributed by atoms with Crippen molar-refractivity contribution in [2.45, 2.75) is 26.3 Å². The second kappa shape index (κ2) is 10.0. The number of carbonyl (C=O) groups excluding carboxylic acids is 1. The van der Waals surface area contributed by atoms with E-state index >= 15 is 0 Å². The Morgan fingerprint density at radius 3 is 2.12 bits per heavy atom. The van der Waals surface area contributed by atoms with Crippen LogP contribution in [0.2, 0.25) is 0 Å². The number of rotatable bonds is 8. The number of benzene rings is 3. The summed E-state index contributed by atoms with van der Waals surface area (Å²) in [5.74, 6) is 1.89. The van der Waals surface area contributed by atoms with Gasteiger partial charge in [0.2, 0.25) is 5.91 Å². The number of ether oxygens (including phenoxy) is 4. The molecule has 0 fully saturated rings. The fourth-order valence-electron chi connectivity index (χ4n) is 4.34. The summed E-state index contributed by atoms with van der Waals surface area (Å²) in [5, 5.41) is 0. The van der Waals surface area contributed by atoms with Gasteiger partial charge in [-0.2, -0.15) is 0 Å². The second-order valence-electron chi connectivity index (χ2n) is 7.80. The smallest absolute Gasteiger partial charge is 0.232 e. The lowest BCUT2D eigenvalue weighted by molar-refractivity contribution is -0.118. The zero-order valence-corrected chi connectivity index (χ0v) is 19.8. The lowest BCUT2D eigenvalue weighted by Gasteiger charge is -2.38. The van der Waals surface area contributed by atoms with Gasteiger partial charge in [0, 0.05) is 5.69 Å². The van der Waals surface area contributed by atoms with E-state index in [1.54, 1.807) is 31.3 Å². The van der Waals surface area contributed by atoms with Gasteiger partial charge in [0.25, 0.3) is 0 Å². The summed E-state index contributed by atoms with van der Waals surface area (Å²) in [6.45, 7) is 4.77. The molecule has 0 bridgehead atoms. The van der Waals surface area contributed by atoms with Crippen LogP contribution in [0.4, 0.5) is 10.1 Å². The summed E-state index contributed by atoms with van der Waals surface area (Å²) < 4.78 is 36.3. The number of amides is 1. The van der Waals surface area contributed by atoms with Crippen molar-refractivity contribution >= 4 is 11.6 Å². The van der Waals surface area contributed by atoms with Crippen LogP contribution in [0, 0.1) is 5.82 Å². The fourth-order valence-corrected chi connectivity index (χ4v) is 4.34. The van der Waals surface area contributed by atoms with Crippen molar-refractivity contribution in [3.8, 4) is 23.0 Å². The molecule has 0 unspecified atom stereocenters. The predicted octanol–water partition coefficient (Wildman–Crippen LogP) is 5.32. The van der Waals surface area contributed by atoms with Gasteiger partial charge < -0.3 is 23.8 Å². The summed E-state index contributed by atoms with van der Waals surface area (Å²) in [5.41, 5.74) is 3.18. The largest absolute Gasteiger partial charge is 0.493 e. The Morgan fingerprint density at radius 2 is 1.50 bits per heavy atom. The van der Waals surface area contributed by atoms with Gasteiger partial charge in [-0.05, 0) is 79.1 Å². The highest BCUT2D eigenvalue weighted by Gasteiger charge is 2.36. The Labute approximate surface area is 198 Å². The van der Waals surface area contributed by atoms with Gasteiger partial charge in [-0.1, -0.05) is 6.07 Å². The molecule has 1 aliphatic rings. The van der Waals surface area contributed by atoms with E-state index in [9.17, 15) is 9.18 Å². The number of hydrogen-bond acceptors (Lipinski definition) is 5. The van der Waals surface area contributed by atoms with Crippen LogP contribution in [0.1, 0.15) is 36.6 Å². The minimum absolute atomic E-state index is 0.106. The lowest BCUT2D eigenvalue weighted by atomic mass is 9.86. The molecular formula is C27H28FNO5. The first-order valence-corrected chi connectivity index (χ1v) is 11.2. The Morgan fingerprint density at radius 1 is 0.853 bits per heavy atom. The van der Waals surface area contributed by atoms with Crippen molar-refractivity contribution in [3.05, 3.63) is 77.1 Å². The van der Waals surface area contributed by atoms with Gasteiger partial charge in [-0.15, -0.1) is 0 Å². The first kappa shape index (κ1) is 23.4. The van der Waals surface area contributed by atoms with E-state index in [1.807, 2.05) is 44.2 Å². The molecule has 1 aliphatic heterocycles. The number of carbonyl (C=O) groups is 1. The Hall–Kier alpha value is -3.74. The van der Waals surface area contributed by atoms with Crippen LogP contribution in [0.15, 0.2) is 54.6 Å². The van der Waals surface area contributed by atoms with E-state index in [2.05, 4.69) is 0 Å². The predicted molar refractivity (Wildman–Crippen MR) is 128 cm³/mol. The Kier molecular flexibility index (Phi) is 6.91. The van der Waals surface area contributed by atoms with Crippen molar-refractivity contribution in [2.75, 3.05) is 32.3 Å². The third-order valence-corrected chi connectivity index (χ3v) is 5.80. The summed E-state index contributed by atoms with van der Waals surface area (Å²) >= 11 is 0.